The van der Waals surface area contributed by atoms with Gasteiger partial charge in [-0.25, -0.2) is 5.43 Å². The Morgan fingerprint density at radius 3 is 1.61 bits per heavy atom. The van der Waals surface area contributed by atoms with E-state index in [4.69, 9.17) is 34.8 Å². The number of benzene rings is 3. The molecule has 3 rings (SSSR count). The van der Waals surface area contributed by atoms with Gasteiger partial charge in [0, 0.05) is 15.1 Å². The second-order valence-electron chi connectivity index (χ2n) is 5.97. The first-order chi connectivity index (χ1) is 13.4. The molecule has 0 aliphatic carbocycles. The molecular weight excluding hydrogens is 419 g/mol. The first-order valence-corrected chi connectivity index (χ1v) is 9.36. The second kappa shape index (κ2) is 8.76. The lowest BCUT2D eigenvalue weighted by molar-refractivity contribution is -0.136. The van der Waals surface area contributed by atoms with E-state index in [1.807, 2.05) is 0 Å². The number of hydrogen-bond donors (Lipinski definition) is 2. The summed E-state index contributed by atoms with van der Waals surface area (Å²) < 4.78 is 0. The van der Waals surface area contributed by atoms with Gasteiger partial charge in [-0.3, -0.25) is 4.79 Å². The summed E-state index contributed by atoms with van der Waals surface area (Å²) in [6, 6.07) is 19.7. The number of hydrogen-bond acceptors (Lipinski definition) is 3. The Labute approximate surface area is 177 Å². The van der Waals surface area contributed by atoms with Crippen molar-refractivity contribution in [2.75, 3.05) is 0 Å². The molecule has 1 amide bonds. The molecule has 3 aromatic rings. The minimum Gasteiger partial charge on any atom is -0.372 e. The number of carbonyl (C=O) groups excluding carboxylic acids is 1. The molecule has 3 aromatic carbocycles. The van der Waals surface area contributed by atoms with E-state index in [9.17, 15) is 9.90 Å². The van der Waals surface area contributed by atoms with Gasteiger partial charge in [0.05, 0.1) is 6.21 Å². The molecule has 142 valence electrons. The Morgan fingerprint density at radius 2 is 1.18 bits per heavy atom. The van der Waals surface area contributed by atoms with Gasteiger partial charge in [-0.1, -0.05) is 71.2 Å². The summed E-state index contributed by atoms with van der Waals surface area (Å²) in [4.78, 5) is 12.9. The molecular formula is C21H15Cl3N2O2. The molecule has 0 unspecified atom stereocenters. The minimum atomic E-state index is -1.98. The predicted molar refractivity (Wildman–Crippen MR) is 113 cm³/mol. The summed E-state index contributed by atoms with van der Waals surface area (Å²) in [6.45, 7) is 0. The van der Waals surface area contributed by atoms with Gasteiger partial charge in [0.2, 0.25) is 0 Å². The SMILES string of the molecule is O=C(NN=Cc1ccc(Cl)cc1)C(O)(c1ccc(Cl)cc1)c1ccc(Cl)cc1. The van der Waals surface area contributed by atoms with Crippen molar-refractivity contribution < 1.29 is 9.90 Å². The molecule has 0 radical (unpaired) electrons. The van der Waals surface area contributed by atoms with Crippen molar-refractivity contribution in [3.63, 3.8) is 0 Å². The maximum atomic E-state index is 12.9. The summed E-state index contributed by atoms with van der Waals surface area (Å²) in [7, 11) is 0. The van der Waals surface area contributed by atoms with Crippen molar-refractivity contribution in [1.82, 2.24) is 5.43 Å². The highest BCUT2D eigenvalue weighted by Crippen LogP contribution is 2.31. The van der Waals surface area contributed by atoms with Crippen LogP contribution in [0.4, 0.5) is 0 Å². The fourth-order valence-electron chi connectivity index (χ4n) is 2.61. The van der Waals surface area contributed by atoms with Crippen molar-refractivity contribution in [3.8, 4) is 0 Å². The van der Waals surface area contributed by atoms with Crippen LogP contribution in [-0.4, -0.2) is 17.2 Å². The van der Waals surface area contributed by atoms with Crippen LogP contribution in [0.25, 0.3) is 0 Å². The van der Waals surface area contributed by atoms with Crippen LogP contribution in [0.1, 0.15) is 16.7 Å². The molecule has 0 saturated heterocycles. The molecule has 0 aromatic heterocycles. The smallest absolute Gasteiger partial charge is 0.281 e. The Morgan fingerprint density at radius 1 is 0.786 bits per heavy atom. The van der Waals surface area contributed by atoms with Crippen LogP contribution in [0.2, 0.25) is 15.1 Å². The van der Waals surface area contributed by atoms with Gasteiger partial charge in [-0.05, 0) is 53.1 Å². The zero-order valence-corrected chi connectivity index (χ0v) is 16.7. The van der Waals surface area contributed by atoms with Gasteiger partial charge in [0.1, 0.15) is 0 Å². The van der Waals surface area contributed by atoms with E-state index >= 15 is 0 Å². The summed E-state index contributed by atoms with van der Waals surface area (Å²) in [6.07, 6.45) is 1.46. The molecule has 0 aliphatic rings. The zero-order valence-electron chi connectivity index (χ0n) is 14.4. The molecule has 0 aliphatic heterocycles. The normalized spacial score (nSPS) is 11.6. The molecule has 0 fully saturated rings. The molecule has 28 heavy (non-hydrogen) atoms. The number of nitrogens with zero attached hydrogens (tertiary/aromatic N) is 1. The van der Waals surface area contributed by atoms with E-state index in [-0.39, 0.29) is 0 Å². The predicted octanol–water partition coefficient (Wildman–Crippen LogP) is 5.03. The number of rotatable bonds is 5. The van der Waals surface area contributed by atoms with E-state index in [0.717, 1.165) is 5.56 Å². The van der Waals surface area contributed by atoms with E-state index in [2.05, 4.69) is 10.5 Å². The van der Waals surface area contributed by atoms with Crippen molar-refractivity contribution in [2.24, 2.45) is 5.10 Å². The third kappa shape index (κ3) is 4.54. The van der Waals surface area contributed by atoms with Crippen LogP contribution < -0.4 is 5.43 Å². The Balaban J connectivity index is 1.91. The van der Waals surface area contributed by atoms with Crippen LogP contribution in [0.15, 0.2) is 77.9 Å². The van der Waals surface area contributed by atoms with E-state index < -0.39 is 11.5 Å². The molecule has 0 heterocycles. The molecule has 0 atom stereocenters. The molecule has 0 bridgehead atoms. The number of amides is 1. The largest absolute Gasteiger partial charge is 0.372 e. The van der Waals surface area contributed by atoms with Crippen LogP contribution in [0.3, 0.4) is 0 Å². The van der Waals surface area contributed by atoms with E-state index in [1.54, 1.807) is 72.8 Å². The Hall–Kier alpha value is -2.37. The summed E-state index contributed by atoms with van der Waals surface area (Å²) in [5.41, 5.74) is 1.85. The standard InChI is InChI=1S/C21H15Cl3N2O2/c22-17-7-1-14(2-8-17)13-25-26-20(27)21(28,15-3-9-18(23)10-4-15)16-5-11-19(24)12-6-16/h1-13,28H,(H,26,27). The summed E-state index contributed by atoms with van der Waals surface area (Å²) >= 11 is 17.7. The maximum Gasteiger partial charge on any atom is 0.281 e. The van der Waals surface area contributed by atoms with E-state index in [1.165, 1.54) is 6.21 Å². The highest BCUT2D eigenvalue weighted by Gasteiger charge is 2.40. The molecule has 0 spiro atoms. The third-order valence-corrected chi connectivity index (χ3v) is 4.86. The van der Waals surface area contributed by atoms with Gasteiger partial charge in [-0.2, -0.15) is 5.10 Å². The quantitative estimate of drug-likeness (QED) is 0.438. The van der Waals surface area contributed by atoms with Crippen LogP contribution in [-0.2, 0) is 10.4 Å². The Kier molecular flexibility index (Phi) is 6.37. The summed E-state index contributed by atoms with van der Waals surface area (Å²) in [5.74, 6) is -0.720. The highest BCUT2D eigenvalue weighted by atomic mass is 35.5. The lowest BCUT2D eigenvalue weighted by Gasteiger charge is -2.27. The average Bonchev–Trinajstić information content (AvgIpc) is 2.70. The number of halogens is 3. The van der Waals surface area contributed by atoms with Gasteiger partial charge in [0.15, 0.2) is 5.60 Å². The van der Waals surface area contributed by atoms with Gasteiger partial charge in [0.25, 0.3) is 5.91 Å². The van der Waals surface area contributed by atoms with Gasteiger partial charge in [-0.15, -0.1) is 0 Å². The van der Waals surface area contributed by atoms with Crippen molar-refractivity contribution in [2.45, 2.75) is 5.60 Å². The van der Waals surface area contributed by atoms with E-state index in [0.29, 0.717) is 26.2 Å². The topological polar surface area (TPSA) is 61.7 Å². The van der Waals surface area contributed by atoms with Gasteiger partial charge >= 0.3 is 0 Å². The van der Waals surface area contributed by atoms with Gasteiger partial charge < -0.3 is 5.11 Å². The maximum absolute atomic E-state index is 12.9. The van der Waals surface area contributed by atoms with Crippen molar-refractivity contribution in [1.29, 1.82) is 0 Å². The summed E-state index contributed by atoms with van der Waals surface area (Å²) in [5, 5.41) is 16.9. The van der Waals surface area contributed by atoms with Crippen LogP contribution >= 0.6 is 34.8 Å². The second-order valence-corrected chi connectivity index (χ2v) is 7.28. The Bertz CT molecular complexity index is 940. The first-order valence-electron chi connectivity index (χ1n) is 8.23. The first kappa shape index (κ1) is 20.4. The number of nitrogens with one attached hydrogen (secondary N) is 1. The molecule has 7 heteroatoms. The number of hydrazone groups is 1. The minimum absolute atomic E-state index is 0.346. The van der Waals surface area contributed by atoms with Crippen molar-refractivity contribution >= 4 is 46.9 Å². The van der Waals surface area contributed by atoms with Crippen LogP contribution in [0.5, 0.6) is 0 Å². The van der Waals surface area contributed by atoms with Crippen LogP contribution in [0, 0.1) is 0 Å². The fraction of sp³-hybridized carbons (Fsp3) is 0.0476. The monoisotopic (exact) mass is 432 g/mol. The van der Waals surface area contributed by atoms with Crippen molar-refractivity contribution in [3.05, 3.63) is 105 Å². The molecule has 2 N–H and O–H groups in total. The number of aliphatic hydroxyl groups is 1. The lowest BCUT2D eigenvalue weighted by atomic mass is 9.85. The third-order valence-electron chi connectivity index (χ3n) is 4.10. The number of carbonyl (C=O) groups is 1. The average molecular weight is 434 g/mol. The molecule has 4 nitrogen and oxygen atoms in total. The lowest BCUT2D eigenvalue weighted by Crippen LogP contribution is -2.43. The molecule has 0 saturated carbocycles. The zero-order chi connectivity index (χ0) is 20.1. The highest BCUT2D eigenvalue weighted by molar-refractivity contribution is 6.31. The fourth-order valence-corrected chi connectivity index (χ4v) is 2.98.